The molecule has 1 aromatic rings. The van der Waals surface area contributed by atoms with Crippen molar-refractivity contribution in [3.63, 3.8) is 0 Å². The summed E-state index contributed by atoms with van der Waals surface area (Å²) in [7, 11) is -3.61. The van der Waals surface area contributed by atoms with Gasteiger partial charge in [-0.2, -0.15) is 4.31 Å². The monoisotopic (exact) mass is 392 g/mol. The molecular formula is C21H32N2O3S. The second kappa shape index (κ2) is 8.57. The van der Waals surface area contributed by atoms with E-state index in [9.17, 15) is 13.2 Å². The van der Waals surface area contributed by atoms with Crippen LogP contribution in [-0.4, -0.2) is 49.7 Å². The highest BCUT2D eigenvalue weighted by Crippen LogP contribution is 2.28. The fourth-order valence-electron chi connectivity index (χ4n) is 3.42. The molecule has 1 amide bonds. The number of carbonyl (C=O) groups is 1. The van der Waals surface area contributed by atoms with Crippen molar-refractivity contribution in [2.75, 3.05) is 26.2 Å². The van der Waals surface area contributed by atoms with Gasteiger partial charge in [0.1, 0.15) is 0 Å². The average molecular weight is 393 g/mol. The first-order valence-electron chi connectivity index (χ1n) is 9.63. The molecule has 0 aliphatic carbocycles. The second-order valence-electron chi connectivity index (χ2n) is 7.78. The van der Waals surface area contributed by atoms with E-state index in [1.165, 1.54) is 0 Å². The molecule has 1 aromatic carbocycles. The van der Waals surface area contributed by atoms with Crippen LogP contribution < -0.4 is 0 Å². The van der Waals surface area contributed by atoms with E-state index in [2.05, 4.69) is 13.5 Å². The van der Waals surface area contributed by atoms with Crippen LogP contribution in [0.2, 0.25) is 0 Å². The van der Waals surface area contributed by atoms with Gasteiger partial charge in [-0.15, -0.1) is 0 Å². The number of rotatable bonds is 6. The highest BCUT2D eigenvalue weighted by atomic mass is 32.2. The van der Waals surface area contributed by atoms with Gasteiger partial charge in [0.05, 0.1) is 4.90 Å². The second-order valence-corrected chi connectivity index (χ2v) is 9.69. The van der Waals surface area contributed by atoms with Crippen molar-refractivity contribution in [2.24, 2.45) is 5.92 Å². The van der Waals surface area contributed by atoms with Crippen molar-refractivity contribution in [2.45, 2.75) is 52.4 Å². The molecule has 5 nitrogen and oxygen atoms in total. The Kier molecular flexibility index (Phi) is 6.87. The largest absolute Gasteiger partial charge is 0.335 e. The molecule has 1 fully saturated rings. The Balaban J connectivity index is 2.43. The maximum absolute atomic E-state index is 13.2. The van der Waals surface area contributed by atoms with Crippen molar-refractivity contribution < 1.29 is 13.2 Å². The van der Waals surface area contributed by atoms with Crippen LogP contribution in [0.1, 0.15) is 55.1 Å². The van der Waals surface area contributed by atoms with Crippen LogP contribution in [0.4, 0.5) is 0 Å². The molecule has 1 aliphatic heterocycles. The SMILES string of the molecule is C=C(C)CN(CC)C(=O)c1cc(C)c(C)c(S(=O)(=O)N2CCC(C)CC2)c1. The third-order valence-corrected chi connectivity index (χ3v) is 7.38. The Hall–Kier alpha value is -1.66. The number of aryl methyl sites for hydroxylation is 1. The molecule has 0 bridgehead atoms. The van der Waals surface area contributed by atoms with Crippen molar-refractivity contribution in [3.05, 3.63) is 41.0 Å². The number of amides is 1. The van der Waals surface area contributed by atoms with Gasteiger partial charge in [-0.3, -0.25) is 4.79 Å². The summed E-state index contributed by atoms with van der Waals surface area (Å²) in [5.41, 5.74) is 2.85. The van der Waals surface area contributed by atoms with Crippen molar-refractivity contribution >= 4 is 15.9 Å². The van der Waals surface area contributed by atoms with Crippen LogP contribution in [0.5, 0.6) is 0 Å². The van der Waals surface area contributed by atoms with E-state index in [1.54, 1.807) is 21.3 Å². The molecule has 0 aromatic heterocycles. The van der Waals surface area contributed by atoms with Gasteiger partial charge in [0.15, 0.2) is 0 Å². The Morgan fingerprint density at radius 1 is 1.26 bits per heavy atom. The molecule has 0 N–H and O–H groups in total. The van der Waals surface area contributed by atoms with Crippen LogP contribution >= 0.6 is 0 Å². The van der Waals surface area contributed by atoms with Crippen molar-refractivity contribution in [1.82, 2.24) is 9.21 Å². The van der Waals surface area contributed by atoms with Crippen LogP contribution in [0.3, 0.4) is 0 Å². The summed E-state index contributed by atoms with van der Waals surface area (Å²) in [5, 5.41) is 0. The maximum Gasteiger partial charge on any atom is 0.254 e. The molecule has 0 saturated carbocycles. The first-order valence-corrected chi connectivity index (χ1v) is 11.1. The zero-order chi connectivity index (χ0) is 20.4. The lowest BCUT2D eigenvalue weighted by molar-refractivity contribution is 0.0778. The Bertz CT molecular complexity index is 822. The van der Waals surface area contributed by atoms with E-state index in [0.29, 0.717) is 43.2 Å². The zero-order valence-electron chi connectivity index (χ0n) is 17.2. The number of likely N-dealkylation sites (N-methyl/N-ethyl adjacent to an activating group) is 1. The van der Waals surface area contributed by atoms with Gasteiger partial charge in [0, 0.05) is 31.7 Å². The number of carbonyl (C=O) groups excluding carboxylic acids is 1. The van der Waals surface area contributed by atoms with E-state index >= 15 is 0 Å². The lowest BCUT2D eigenvalue weighted by Gasteiger charge is -2.30. The quantitative estimate of drug-likeness (QED) is 0.693. The lowest BCUT2D eigenvalue weighted by atomic mass is 10.0. The minimum Gasteiger partial charge on any atom is -0.335 e. The molecule has 1 aliphatic rings. The number of hydrogen-bond acceptors (Lipinski definition) is 3. The van der Waals surface area contributed by atoms with E-state index in [1.807, 2.05) is 27.7 Å². The fraction of sp³-hybridized carbons (Fsp3) is 0.571. The van der Waals surface area contributed by atoms with Gasteiger partial charge < -0.3 is 4.90 Å². The summed E-state index contributed by atoms with van der Waals surface area (Å²) in [6, 6.07) is 3.34. The summed E-state index contributed by atoms with van der Waals surface area (Å²) in [6.07, 6.45) is 1.75. The van der Waals surface area contributed by atoms with Gasteiger partial charge in [-0.1, -0.05) is 19.1 Å². The smallest absolute Gasteiger partial charge is 0.254 e. The first kappa shape index (κ1) is 21.6. The summed E-state index contributed by atoms with van der Waals surface area (Å²) >= 11 is 0. The summed E-state index contributed by atoms with van der Waals surface area (Å²) in [4.78, 5) is 14.9. The average Bonchev–Trinajstić information content (AvgIpc) is 2.61. The standard InChI is InChI=1S/C21H32N2O3S/c1-7-22(14-15(2)3)21(24)19-12-17(5)18(6)20(13-19)27(25,26)23-10-8-16(4)9-11-23/h12-13,16H,2,7-11,14H2,1,3-6H3. The molecule has 6 heteroatoms. The first-order chi connectivity index (χ1) is 12.6. The summed E-state index contributed by atoms with van der Waals surface area (Å²) in [6.45, 7) is 15.6. The minimum atomic E-state index is -3.61. The topological polar surface area (TPSA) is 57.7 Å². The van der Waals surface area contributed by atoms with Gasteiger partial charge in [-0.05, 0) is 69.7 Å². The molecule has 1 heterocycles. The third kappa shape index (κ3) is 4.79. The summed E-state index contributed by atoms with van der Waals surface area (Å²) in [5.74, 6) is 0.389. The normalized spacial score (nSPS) is 16.3. The number of hydrogen-bond donors (Lipinski definition) is 0. The van der Waals surface area contributed by atoms with Gasteiger partial charge >= 0.3 is 0 Å². The third-order valence-electron chi connectivity index (χ3n) is 5.36. The zero-order valence-corrected chi connectivity index (χ0v) is 18.0. The molecule has 150 valence electrons. The number of sulfonamides is 1. The van der Waals surface area contributed by atoms with Gasteiger partial charge in [-0.25, -0.2) is 8.42 Å². The minimum absolute atomic E-state index is 0.160. The Morgan fingerprint density at radius 2 is 1.85 bits per heavy atom. The number of piperidine rings is 1. The van der Waals surface area contributed by atoms with Crippen LogP contribution in [0.25, 0.3) is 0 Å². The summed E-state index contributed by atoms with van der Waals surface area (Å²) < 4.78 is 28.1. The Labute approximate surface area is 164 Å². The number of nitrogens with zero attached hydrogens (tertiary/aromatic N) is 2. The van der Waals surface area contributed by atoms with E-state index in [4.69, 9.17) is 0 Å². The highest BCUT2D eigenvalue weighted by molar-refractivity contribution is 7.89. The molecule has 0 unspecified atom stereocenters. The molecule has 0 atom stereocenters. The molecule has 0 radical (unpaired) electrons. The van der Waals surface area contributed by atoms with E-state index in [-0.39, 0.29) is 10.8 Å². The molecule has 2 rings (SSSR count). The van der Waals surface area contributed by atoms with Gasteiger partial charge in [0.25, 0.3) is 5.91 Å². The molecular weight excluding hydrogens is 360 g/mol. The van der Waals surface area contributed by atoms with E-state index < -0.39 is 10.0 Å². The van der Waals surface area contributed by atoms with Gasteiger partial charge in [0.2, 0.25) is 10.0 Å². The van der Waals surface area contributed by atoms with E-state index in [0.717, 1.165) is 24.0 Å². The van der Waals surface area contributed by atoms with Crippen LogP contribution in [0.15, 0.2) is 29.2 Å². The molecule has 27 heavy (non-hydrogen) atoms. The fourth-order valence-corrected chi connectivity index (χ4v) is 5.21. The molecule has 1 saturated heterocycles. The van der Waals surface area contributed by atoms with Crippen molar-refractivity contribution in [1.29, 1.82) is 0 Å². The highest BCUT2D eigenvalue weighted by Gasteiger charge is 2.30. The van der Waals surface area contributed by atoms with Crippen LogP contribution in [0, 0.1) is 19.8 Å². The maximum atomic E-state index is 13.2. The Morgan fingerprint density at radius 3 is 2.37 bits per heavy atom. The predicted molar refractivity (Wildman–Crippen MR) is 109 cm³/mol. The molecule has 0 spiro atoms. The predicted octanol–water partition coefficient (Wildman–Crippen LogP) is 3.76. The lowest BCUT2D eigenvalue weighted by Crippen LogP contribution is -2.38. The number of benzene rings is 1. The van der Waals surface area contributed by atoms with Crippen LogP contribution in [-0.2, 0) is 10.0 Å². The van der Waals surface area contributed by atoms with Crippen molar-refractivity contribution in [3.8, 4) is 0 Å².